The van der Waals surface area contributed by atoms with Crippen molar-refractivity contribution < 1.29 is 5.11 Å². The van der Waals surface area contributed by atoms with Gasteiger partial charge in [0.05, 0.1) is 6.10 Å². The molecule has 84 valence electrons. The highest BCUT2D eigenvalue weighted by molar-refractivity contribution is 4.76. The zero-order valence-corrected chi connectivity index (χ0v) is 9.32. The number of nitrogens with zero attached hydrogens (tertiary/aromatic N) is 2. The molecule has 0 bridgehead atoms. The van der Waals surface area contributed by atoms with Crippen LogP contribution in [0.2, 0.25) is 0 Å². The molecule has 1 fully saturated rings. The van der Waals surface area contributed by atoms with Crippen LogP contribution in [0.25, 0.3) is 0 Å². The molecule has 1 atom stereocenters. The van der Waals surface area contributed by atoms with Gasteiger partial charge in [-0.3, -0.25) is 9.80 Å². The van der Waals surface area contributed by atoms with Crippen molar-refractivity contribution in [3.8, 4) is 0 Å². The standard InChI is InChI=1S/C10H23N3O/c1-9(2)13-5-3-12(4-6-13)8-10(14)7-11/h9-10,14H,3-8,11H2,1-2H3. The molecule has 0 aromatic heterocycles. The molecular weight excluding hydrogens is 178 g/mol. The van der Waals surface area contributed by atoms with E-state index in [4.69, 9.17) is 5.73 Å². The number of aliphatic hydroxyl groups excluding tert-OH is 1. The van der Waals surface area contributed by atoms with Crippen molar-refractivity contribution in [3.05, 3.63) is 0 Å². The van der Waals surface area contributed by atoms with Gasteiger partial charge in [0.25, 0.3) is 0 Å². The summed E-state index contributed by atoms with van der Waals surface area (Å²) in [6.45, 7) is 9.86. The van der Waals surface area contributed by atoms with Gasteiger partial charge in [-0.05, 0) is 13.8 Å². The zero-order valence-electron chi connectivity index (χ0n) is 9.32. The summed E-state index contributed by atoms with van der Waals surface area (Å²) in [7, 11) is 0. The Balaban J connectivity index is 2.22. The molecule has 0 radical (unpaired) electrons. The Morgan fingerprint density at radius 2 is 1.79 bits per heavy atom. The summed E-state index contributed by atoms with van der Waals surface area (Å²) in [5.74, 6) is 0. The summed E-state index contributed by atoms with van der Waals surface area (Å²) < 4.78 is 0. The smallest absolute Gasteiger partial charge is 0.0789 e. The molecule has 0 aliphatic carbocycles. The van der Waals surface area contributed by atoms with E-state index in [0.29, 0.717) is 12.6 Å². The largest absolute Gasteiger partial charge is 0.390 e. The topological polar surface area (TPSA) is 52.7 Å². The number of nitrogens with two attached hydrogens (primary N) is 1. The Hall–Kier alpha value is -0.160. The summed E-state index contributed by atoms with van der Waals surface area (Å²) in [5, 5.41) is 9.40. The first kappa shape index (κ1) is 11.9. The lowest BCUT2D eigenvalue weighted by molar-refractivity contribution is 0.0655. The molecule has 1 aliphatic rings. The van der Waals surface area contributed by atoms with Gasteiger partial charge >= 0.3 is 0 Å². The second-order valence-corrected chi connectivity index (χ2v) is 4.32. The fourth-order valence-corrected chi connectivity index (χ4v) is 1.83. The number of piperazine rings is 1. The van der Waals surface area contributed by atoms with Crippen molar-refractivity contribution in [1.29, 1.82) is 0 Å². The first-order valence-corrected chi connectivity index (χ1v) is 5.48. The molecule has 1 unspecified atom stereocenters. The Labute approximate surface area is 86.7 Å². The van der Waals surface area contributed by atoms with Crippen LogP contribution in [-0.4, -0.2) is 66.3 Å². The van der Waals surface area contributed by atoms with Crippen LogP contribution in [0.5, 0.6) is 0 Å². The molecule has 0 aromatic carbocycles. The van der Waals surface area contributed by atoms with Gasteiger partial charge in [0.15, 0.2) is 0 Å². The monoisotopic (exact) mass is 201 g/mol. The summed E-state index contributed by atoms with van der Waals surface area (Å²) in [6.07, 6.45) is -0.361. The van der Waals surface area contributed by atoms with Gasteiger partial charge in [0, 0.05) is 45.3 Å². The molecule has 1 saturated heterocycles. The van der Waals surface area contributed by atoms with E-state index >= 15 is 0 Å². The van der Waals surface area contributed by atoms with E-state index in [0.717, 1.165) is 32.7 Å². The molecule has 3 N–H and O–H groups in total. The number of hydrogen-bond acceptors (Lipinski definition) is 4. The fraction of sp³-hybridized carbons (Fsp3) is 1.00. The molecule has 0 spiro atoms. The van der Waals surface area contributed by atoms with Crippen LogP contribution in [-0.2, 0) is 0 Å². The molecule has 1 rings (SSSR count). The number of aliphatic hydroxyl groups is 1. The van der Waals surface area contributed by atoms with Gasteiger partial charge in [-0.1, -0.05) is 0 Å². The Morgan fingerprint density at radius 3 is 2.21 bits per heavy atom. The van der Waals surface area contributed by atoms with Crippen molar-refractivity contribution >= 4 is 0 Å². The first-order valence-electron chi connectivity index (χ1n) is 5.48. The van der Waals surface area contributed by atoms with Crippen molar-refractivity contribution in [2.45, 2.75) is 26.0 Å². The number of β-amino-alcohol motifs (C(OH)–C–C–N with tert-alkyl or cyclic N) is 1. The SMILES string of the molecule is CC(C)N1CCN(CC(O)CN)CC1. The van der Waals surface area contributed by atoms with E-state index in [1.807, 2.05) is 0 Å². The lowest BCUT2D eigenvalue weighted by Crippen LogP contribution is -2.51. The highest BCUT2D eigenvalue weighted by atomic mass is 16.3. The van der Waals surface area contributed by atoms with Gasteiger partial charge in [-0.25, -0.2) is 0 Å². The maximum absolute atomic E-state index is 9.40. The summed E-state index contributed by atoms with van der Waals surface area (Å²) >= 11 is 0. The fourth-order valence-electron chi connectivity index (χ4n) is 1.83. The molecule has 4 heteroatoms. The van der Waals surface area contributed by atoms with Crippen LogP contribution in [0.1, 0.15) is 13.8 Å². The second kappa shape index (κ2) is 5.66. The minimum Gasteiger partial charge on any atom is -0.390 e. The number of hydrogen-bond donors (Lipinski definition) is 2. The van der Waals surface area contributed by atoms with Crippen LogP contribution in [0, 0.1) is 0 Å². The quantitative estimate of drug-likeness (QED) is 0.633. The molecule has 14 heavy (non-hydrogen) atoms. The summed E-state index contributed by atoms with van der Waals surface area (Å²) in [6, 6.07) is 0.636. The molecule has 1 heterocycles. The average Bonchev–Trinajstić information content (AvgIpc) is 2.18. The van der Waals surface area contributed by atoms with Crippen molar-refractivity contribution in [2.24, 2.45) is 5.73 Å². The maximum atomic E-state index is 9.40. The van der Waals surface area contributed by atoms with Gasteiger partial charge in [-0.15, -0.1) is 0 Å². The second-order valence-electron chi connectivity index (χ2n) is 4.32. The van der Waals surface area contributed by atoms with Crippen LogP contribution in [0.4, 0.5) is 0 Å². The lowest BCUT2D eigenvalue weighted by Gasteiger charge is -2.37. The Kier molecular flexibility index (Phi) is 4.81. The van der Waals surface area contributed by atoms with Crippen LogP contribution < -0.4 is 5.73 Å². The average molecular weight is 201 g/mol. The van der Waals surface area contributed by atoms with E-state index in [-0.39, 0.29) is 6.10 Å². The third-order valence-corrected chi connectivity index (χ3v) is 2.88. The minimum atomic E-state index is -0.361. The maximum Gasteiger partial charge on any atom is 0.0789 e. The molecule has 1 aliphatic heterocycles. The molecule has 0 aromatic rings. The van der Waals surface area contributed by atoms with Crippen molar-refractivity contribution in [1.82, 2.24) is 9.80 Å². The third-order valence-electron chi connectivity index (χ3n) is 2.88. The van der Waals surface area contributed by atoms with E-state index in [2.05, 4.69) is 23.6 Å². The number of rotatable bonds is 4. The minimum absolute atomic E-state index is 0.361. The molecular formula is C10H23N3O. The summed E-state index contributed by atoms with van der Waals surface area (Å²) in [4.78, 5) is 4.75. The Bertz CT molecular complexity index is 155. The van der Waals surface area contributed by atoms with E-state index in [1.54, 1.807) is 0 Å². The normalized spacial score (nSPS) is 22.9. The van der Waals surface area contributed by atoms with Crippen LogP contribution in [0.15, 0.2) is 0 Å². The van der Waals surface area contributed by atoms with Gasteiger partial charge in [0.2, 0.25) is 0 Å². The predicted octanol–water partition coefficient (Wildman–Crippen LogP) is -0.668. The first-order chi connectivity index (χ1) is 6.63. The lowest BCUT2D eigenvalue weighted by atomic mass is 10.2. The van der Waals surface area contributed by atoms with E-state index in [9.17, 15) is 5.11 Å². The predicted molar refractivity (Wildman–Crippen MR) is 58.2 cm³/mol. The van der Waals surface area contributed by atoms with Gasteiger partial charge in [-0.2, -0.15) is 0 Å². The van der Waals surface area contributed by atoms with Crippen LogP contribution >= 0.6 is 0 Å². The summed E-state index contributed by atoms with van der Waals surface area (Å²) in [5.41, 5.74) is 5.38. The van der Waals surface area contributed by atoms with Gasteiger partial charge in [0.1, 0.15) is 0 Å². The van der Waals surface area contributed by atoms with Gasteiger partial charge < -0.3 is 10.8 Å². The van der Waals surface area contributed by atoms with Crippen molar-refractivity contribution in [2.75, 3.05) is 39.3 Å². The molecule has 4 nitrogen and oxygen atoms in total. The highest BCUT2D eigenvalue weighted by Crippen LogP contribution is 2.05. The zero-order chi connectivity index (χ0) is 10.6. The Morgan fingerprint density at radius 1 is 1.21 bits per heavy atom. The van der Waals surface area contributed by atoms with Crippen molar-refractivity contribution in [3.63, 3.8) is 0 Å². The third kappa shape index (κ3) is 3.53. The van der Waals surface area contributed by atoms with Crippen LogP contribution in [0.3, 0.4) is 0 Å². The highest BCUT2D eigenvalue weighted by Gasteiger charge is 2.19. The van der Waals surface area contributed by atoms with E-state index < -0.39 is 0 Å². The molecule has 0 amide bonds. The molecule has 0 saturated carbocycles. The van der Waals surface area contributed by atoms with E-state index in [1.165, 1.54) is 0 Å².